The van der Waals surface area contributed by atoms with Gasteiger partial charge < -0.3 is 15.5 Å². The largest absolute Gasteiger partial charge is 0.507 e. The fourth-order valence-corrected chi connectivity index (χ4v) is 3.30. The minimum absolute atomic E-state index is 0.0371. The topological polar surface area (TPSA) is 107 Å². The zero-order chi connectivity index (χ0) is 18.4. The maximum absolute atomic E-state index is 12.4. The van der Waals surface area contributed by atoms with Gasteiger partial charge in [-0.2, -0.15) is 0 Å². The van der Waals surface area contributed by atoms with Gasteiger partial charge in [-0.25, -0.2) is 0 Å². The van der Waals surface area contributed by atoms with Crippen molar-refractivity contribution in [3.05, 3.63) is 34.7 Å². The van der Waals surface area contributed by atoms with Crippen molar-refractivity contribution < 1.29 is 24.6 Å². The average molecular weight is 380 g/mol. The van der Waals surface area contributed by atoms with Crippen LogP contribution in [0.15, 0.2) is 29.2 Å². The third kappa shape index (κ3) is 5.30. The van der Waals surface area contributed by atoms with E-state index in [9.17, 15) is 19.5 Å². The van der Waals surface area contributed by atoms with Gasteiger partial charge in [0.05, 0.1) is 4.91 Å². The predicted molar refractivity (Wildman–Crippen MR) is 97.9 cm³/mol. The molecule has 2 rings (SSSR count). The number of benzene rings is 1. The highest BCUT2D eigenvalue weighted by Crippen LogP contribution is 2.33. The van der Waals surface area contributed by atoms with E-state index in [1.807, 2.05) is 0 Å². The van der Waals surface area contributed by atoms with Crippen molar-refractivity contribution in [3.63, 3.8) is 0 Å². The van der Waals surface area contributed by atoms with Gasteiger partial charge in [0.2, 0.25) is 5.91 Å². The van der Waals surface area contributed by atoms with Crippen LogP contribution in [0.5, 0.6) is 5.75 Å². The van der Waals surface area contributed by atoms with Crippen molar-refractivity contribution in [2.75, 3.05) is 13.1 Å². The number of para-hydroxylation sites is 1. The molecular formula is C16H16N2O5S2. The second-order valence-electron chi connectivity index (χ2n) is 5.17. The molecule has 0 aliphatic carbocycles. The summed E-state index contributed by atoms with van der Waals surface area (Å²) < 4.78 is 0.257. The number of thiocarbonyl (C=S) groups is 1. The van der Waals surface area contributed by atoms with Crippen LogP contribution in [0.25, 0.3) is 6.08 Å². The first-order valence-electron chi connectivity index (χ1n) is 7.40. The fourth-order valence-electron chi connectivity index (χ4n) is 2.05. The molecule has 0 aromatic heterocycles. The number of hydrogen-bond donors (Lipinski definition) is 3. The summed E-state index contributed by atoms with van der Waals surface area (Å²) in [5.41, 5.74) is 0.487. The van der Waals surface area contributed by atoms with Gasteiger partial charge in [-0.15, -0.1) is 0 Å². The van der Waals surface area contributed by atoms with Crippen molar-refractivity contribution in [2.24, 2.45) is 0 Å². The van der Waals surface area contributed by atoms with Gasteiger partial charge in [0, 0.05) is 18.5 Å². The summed E-state index contributed by atoms with van der Waals surface area (Å²) in [7, 11) is 0. The molecule has 0 radical (unpaired) electrons. The van der Waals surface area contributed by atoms with Crippen LogP contribution in [0.2, 0.25) is 0 Å². The van der Waals surface area contributed by atoms with Crippen LogP contribution >= 0.6 is 24.0 Å². The highest BCUT2D eigenvalue weighted by molar-refractivity contribution is 8.26. The molecule has 1 heterocycles. The van der Waals surface area contributed by atoms with E-state index >= 15 is 0 Å². The molecule has 1 saturated heterocycles. The van der Waals surface area contributed by atoms with E-state index in [2.05, 4.69) is 5.32 Å². The lowest BCUT2D eigenvalue weighted by atomic mass is 10.2. The van der Waals surface area contributed by atoms with E-state index in [1.54, 1.807) is 18.2 Å². The van der Waals surface area contributed by atoms with Crippen molar-refractivity contribution in [1.29, 1.82) is 0 Å². The molecule has 25 heavy (non-hydrogen) atoms. The van der Waals surface area contributed by atoms with Crippen molar-refractivity contribution in [1.82, 2.24) is 10.2 Å². The molecule has 0 bridgehead atoms. The maximum Gasteiger partial charge on any atom is 0.303 e. The number of amides is 2. The van der Waals surface area contributed by atoms with Crippen molar-refractivity contribution in [2.45, 2.75) is 12.8 Å². The summed E-state index contributed by atoms with van der Waals surface area (Å²) in [4.78, 5) is 36.2. The van der Waals surface area contributed by atoms with Crippen LogP contribution in [0.1, 0.15) is 18.4 Å². The Hall–Kier alpha value is -2.39. The number of carboxylic acid groups (broad SMARTS) is 1. The first-order valence-corrected chi connectivity index (χ1v) is 8.63. The summed E-state index contributed by atoms with van der Waals surface area (Å²) in [5.74, 6) is -1.70. The lowest BCUT2D eigenvalue weighted by Gasteiger charge is -2.14. The summed E-state index contributed by atoms with van der Waals surface area (Å²) >= 11 is 6.20. The quantitative estimate of drug-likeness (QED) is 0.374. The Balaban J connectivity index is 1.96. The number of hydrogen-bond acceptors (Lipinski definition) is 6. The molecule has 1 fully saturated rings. The molecule has 132 valence electrons. The van der Waals surface area contributed by atoms with E-state index in [0.29, 0.717) is 16.9 Å². The number of rotatable bonds is 7. The number of phenolic OH excluding ortho intramolecular Hbond substituents is 1. The first kappa shape index (κ1) is 18.9. The van der Waals surface area contributed by atoms with Gasteiger partial charge in [-0.1, -0.05) is 42.2 Å². The minimum atomic E-state index is -0.930. The van der Waals surface area contributed by atoms with E-state index < -0.39 is 17.8 Å². The van der Waals surface area contributed by atoms with Crippen molar-refractivity contribution in [3.8, 4) is 5.75 Å². The van der Waals surface area contributed by atoms with E-state index in [0.717, 1.165) is 11.8 Å². The van der Waals surface area contributed by atoms with Crippen LogP contribution in [0.3, 0.4) is 0 Å². The first-order chi connectivity index (χ1) is 11.9. The second-order valence-corrected chi connectivity index (χ2v) is 6.85. The van der Waals surface area contributed by atoms with Gasteiger partial charge in [0.15, 0.2) is 0 Å². The number of carbonyl (C=O) groups excluding carboxylic acids is 2. The van der Waals surface area contributed by atoms with Gasteiger partial charge in [-0.3, -0.25) is 19.3 Å². The summed E-state index contributed by atoms with van der Waals surface area (Å²) in [6.07, 6.45) is 1.80. The standard InChI is InChI=1S/C16H16N2O5S2/c19-11-5-2-1-4-10(11)8-12-15(23)18(16(24)25-12)9-13(20)17-7-3-6-14(21)22/h1-2,4-5,8,19H,3,6-7,9H2,(H,17,20)(H,21,22)/b12-8-. The lowest BCUT2D eigenvalue weighted by molar-refractivity contribution is -0.137. The minimum Gasteiger partial charge on any atom is -0.507 e. The number of carbonyl (C=O) groups is 3. The highest BCUT2D eigenvalue weighted by atomic mass is 32.2. The molecule has 3 N–H and O–H groups in total. The van der Waals surface area contributed by atoms with Crippen LogP contribution < -0.4 is 5.32 Å². The number of aliphatic carboxylic acids is 1. The zero-order valence-corrected chi connectivity index (χ0v) is 14.7. The molecule has 1 aromatic rings. The van der Waals surface area contributed by atoms with Crippen LogP contribution in [-0.4, -0.2) is 50.3 Å². The zero-order valence-electron chi connectivity index (χ0n) is 13.1. The number of thioether (sulfide) groups is 1. The smallest absolute Gasteiger partial charge is 0.303 e. The number of nitrogens with zero attached hydrogens (tertiary/aromatic N) is 1. The van der Waals surface area contributed by atoms with Gasteiger partial charge >= 0.3 is 5.97 Å². The normalized spacial score (nSPS) is 15.7. The lowest BCUT2D eigenvalue weighted by Crippen LogP contribution is -2.39. The number of aromatic hydroxyl groups is 1. The Bertz CT molecular complexity index is 748. The van der Waals surface area contributed by atoms with Gasteiger partial charge in [0.25, 0.3) is 5.91 Å². The molecule has 0 saturated carbocycles. The van der Waals surface area contributed by atoms with Crippen molar-refractivity contribution >= 4 is 52.2 Å². The molecule has 2 amide bonds. The summed E-state index contributed by atoms with van der Waals surface area (Å²) in [5, 5.41) is 20.9. The predicted octanol–water partition coefficient (Wildman–Crippen LogP) is 1.57. The monoisotopic (exact) mass is 380 g/mol. The Morgan fingerprint density at radius 2 is 2.04 bits per heavy atom. The van der Waals surface area contributed by atoms with Gasteiger partial charge in [-0.05, 0) is 18.6 Å². The summed E-state index contributed by atoms with van der Waals surface area (Å²) in [6.45, 7) is -0.0104. The van der Waals surface area contributed by atoms with E-state index in [1.165, 1.54) is 17.0 Å². The number of phenols is 1. The van der Waals surface area contributed by atoms with Crippen LogP contribution in [0, 0.1) is 0 Å². The molecule has 0 spiro atoms. The van der Waals surface area contributed by atoms with E-state index in [4.69, 9.17) is 17.3 Å². The Labute approximate surface area is 153 Å². The average Bonchev–Trinajstić information content (AvgIpc) is 2.81. The van der Waals surface area contributed by atoms with Crippen LogP contribution in [-0.2, 0) is 14.4 Å². The van der Waals surface area contributed by atoms with Gasteiger partial charge in [0.1, 0.15) is 16.6 Å². The number of carboxylic acids is 1. The fraction of sp³-hybridized carbons (Fsp3) is 0.250. The molecule has 1 aliphatic rings. The molecule has 0 atom stereocenters. The Kier molecular flexibility index (Phi) is 6.54. The highest BCUT2D eigenvalue weighted by Gasteiger charge is 2.33. The molecule has 0 unspecified atom stereocenters. The molecule has 9 heteroatoms. The second kappa shape index (κ2) is 8.63. The molecule has 7 nitrogen and oxygen atoms in total. The van der Waals surface area contributed by atoms with E-state index in [-0.39, 0.29) is 29.6 Å². The SMILES string of the molecule is O=C(O)CCCNC(=O)CN1C(=O)/C(=C/c2ccccc2O)SC1=S. The Morgan fingerprint density at radius 3 is 2.72 bits per heavy atom. The third-order valence-electron chi connectivity index (χ3n) is 3.29. The summed E-state index contributed by atoms with van der Waals surface area (Å²) in [6, 6.07) is 6.58. The Morgan fingerprint density at radius 1 is 1.32 bits per heavy atom. The third-order valence-corrected chi connectivity index (χ3v) is 4.67. The molecule has 1 aromatic carbocycles. The van der Waals surface area contributed by atoms with Crippen LogP contribution in [0.4, 0.5) is 0 Å². The number of nitrogens with one attached hydrogen (secondary N) is 1. The molecule has 1 aliphatic heterocycles. The maximum atomic E-state index is 12.4. The molecular weight excluding hydrogens is 364 g/mol.